The molecule has 0 amide bonds. The number of nitrogens with zero attached hydrogens (tertiary/aromatic N) is 2. The summed E-state index contributed by atoms with van der Waals surface area (Å²) < 4.78 is 7.00. The van der Waals surface area contributed by atoms with Gasteiger partial charge in [0.2, 0.25) is 0 Å². The van der Waals surface area contributed by atoms with E-state index in [1.807, 2.05) is 0 Å². The Balaban J connectivity index is 2.08. The Bertz CT molecular complexity index is 479. The lowest BCUT2D eigenvalue weighted by molar-refractivity contribution is -0.108. The first kappa shape index (κ1) is 10.7. The molecule has 1 aromatic carbocycles. The molecule has 0 unspecified atom stereocenters. The number of rotatable bonds is 4. The van der Waals surface area contributed by atoms with Crippen molar-refractivity contribution in [3.63, 3.8) is 0 Å². The normalized spacial score (nSPS) is 10.1. The van der Waals surface area contributed by atoms with Crippen LogP contribution in [0.1, 0.15) is 0 Å². The molecule has 2 aromatic rings. The summed E-state index contributed by atoms with van der Waals surface area (Å²) in [5.41, 5.74) is 0. The largest absolute Gasteiger partial charge is 0.454 e. The van der Waals surface area contributed by atoms with Gasteiger partial charge in [-0.25, -0.2) is 0 Å². The Morgan fingerprint density at radius 2 is 2.06 bits per heavy atom. The van der Waals surface area contributed by atoms with E-state index < -0.39 is 0 Å². The zero-order valence-corrected chi connectivity index (χ0v) is 9.09. The minimum absolute atomic E-state index is 0.226. The first-order valence-electron chi connectivity index (χ1n) is 4.67. The number of ether oxygens (including phenoxy) is 1. The lowest BCUT2D eigenvalue weighted by atomic mass is 10.3. The van der Waals surface area contributed by atoms with Gasteiger partial charge in [0.1, 0.15) is 12.0 Å². The Morgan fingerprint density at radius 1 is 1.31 bits per heavy atom. The van der Waals surface area contributed by atoms with E-state index in [4.69, 9.17) is 16.3 Å². The monoisotopic (exact) mass is 236 g/mol. The van der Waals surface area contributed by atoms with Crippen molar-refractivity contribution in [3.05, 3.63) is 41.7 Å². The molecule has 0 aliphatic heterocycles. The minimum atomic E-state index is 0.226. The van der Waals surface area contributed by atoms with Crippen molar-refractivity contribution < 1.29 is 9.53 Å². The predicted octanol–water partition coefficient (Wildman–Crippen LogP) is 2.53. The fraction of sp³-hybridized carbons (Fsp3) is 0.0909. The van der Waals surface area contributed by atoms with Gasteiger partial charge in [-0.15, -0.1) is 0 Å². The van der Waals surface area contributed by atoms with Crippen LogP contribution in [-0.4, -0.2) is 16.1 Å². The first-order valence-corrected chi connectivity index (χ1v) is 5.05. The van der Waals surface area contributed by atoms with E-state index in [0.29, 0.717) is 16.5 Å². The van der Waals surface area contributed by atoms with Crippen LogP contribution >= 0.6 is 11.6 Å². The number of aldehydes is 1. The van der Waals surface area contributed by atoms with Crippen molar-refractivity contribution in [1.82, 2.24) is 9.78 Å². The highest BCUT2D eigenvalue weighted by molar-refractivity contribution is 6.30. The van der Waals surface area contributed by atoms with Crippen LogP contribution in [0.25, 0.3) is 0 Å². The maximum atomic E-state index is 10.3. The second-order valence-corrected chi connectivity index (χ2v) is 3.56. The fourth-order valence-electron chi connectivity index (χ4n) is 1.21. The molecule has 0 saturated heterocycles. The van der Waals surface area contributed by atoms with Gasteiger partial charge >= 0.3 is 0 Å². The molecule has 0 aliphatic carbocycles. The van der Waals surface area contributed by atoms with Crippen LogP contribution in [0, 0.1) is 0 Å². The Hall–Kier alpha value is -1.81. The third-order valence-corrected chi connectivity index (χ3v) is 2.17. The van der Waals surface area contributed by atoms with Crippen molar-refractivity contribution in [2.45, 2.75) is 6.54 Å². The molecule has 0 bridgehead atoms. The number of aromatic nitrogens is 2. The molecule has 0 N–H and O–H groups in total. The van der Waals surface area contributed by atoms with E-state index >= 15 is 0 Å². The molecule has 0 atom stereocenters. The van der Waals surface area contributed by atoms with Gasteiger partial charge in [0.15, 0.2) is 5.75 Å². The molecular formula is C11H9ClN2O2. The average molecular weight is 237 g/mol. The highest BCUT2D eigenvalue weighted by atomic mass is 35.5. The van der Waals surface area contributed by atoms with Gasteiger partial charge in [-0.3, -0.25) is 4.68 Å². The smallest absolute Gasteiger partial charge is 0.165 e. The van der Waals surface area contributed by atoms with Gasteiger partial charge in [0.05, 0.1) is 18.9 Å². The zero-order chi connectivity index (χ0) is 11.4. The van der Waals surface area contributed by atoms with Crippen LogP contribution in [-0.2, 0) is 11.3 Å². The molecule has 0 fully saturated rings. The van der Waals surface area contributed by atoms with E-state index in [0.717, 1.165) is 6.29 Å². The van der Waals surface area contributed by atoms with Crippen molar-refractivity contribution >= 4 is 17.9 Å². The zero-order valence-electron chi connectivity index (χ0n) is 8.34. The van der Waals surface area contributed by atoms with E-state index in [1.54, 1.807) is 36.7 Å². The lowest BCUT2D eigenvalue weighted by Gasteiger charge is -2.01. The molecule has 2 rings (SSSR count). The maximum absolute atomic E-state index is 10.3. The summed E-state index contributed by atoms with van der Waals surface area (Å²) in [6.07, 6.45) is 3.99. The number of carbonyl (C=O) groups excluding carboxylic acids is 1. The summed E-state index contributed by atoms with van der Waals surface area (Å²) in [5.74, 6) is 1.26. The second kappa shape index (κ2) is 4.81. The second-order valence-electron chi connectivity index (χ2n) is 3.12. The molecule has 5 heteroatoms. The van der Waals surface area contributed by atoms with Crippen LogP contribution in [0.2, 0.25) is 5.02 Å². The van der Waals surface area contributed by atoms with Gasteiger partial charge in [0, 0.05) is 5.02 Å². The molecule has 1 heterocycles. The number of halogens is 1. The standard InChI is InChI=1S/C11H9ClN2O2/c12-9-1-3-10(4-2-9)16-11-7-13-14(8-11)5-6-15/h1-4,6-8H,5H2. The predicted molar refractivity (Wildman–Crippen MR) is 59.8 cm³/mol. The van der Waals surface area contributed by atoms with E-state index in [1.165, 1.54) is 4.68 Å². The van der Waals surface area contributed by atoms with Crippen LogP contribution in [0.15, 0.2) is 36.7 Å². The summed E-state index contributed by atoms with van der Waals surface area (Å²) in [6.45, 7) is 0.226. The molecular weight excluding hydrogens is 228 g/mol. The topological polar surface area (TPSA) is 44.1 Å². The Labute approximate surface area is 97.4 Å². The molecule has 16 heavy (non-hydrogen) atoms. The van der Waals surface area contributed by atoms with Crippen molar-refractivity contribution in [2.24, 2.45) is 0 Å². The maximum Gasteiger partial charge on any atom is 0.165 e. The van der Waals surface area contributed by atoms with E-state index in [-0.39, 0.29) is 6.54 Å². The SMILES string of the molecule is O=CCn1cc(Oc2ccc(Cl)cc2)cn1. The average Bonchev–Trinajstić information content (AvgIpc) is 2.70. The summed E-state index contributed by atoms with van der Waals surface area (Å²) in [5, 5.41) is 4.61. The molecule has 0 saturated carbocycles. The van der Waals surface area contributed by atoms with Gasteiger partial charge in [-0.1, -0.05) is 11.6 Å². The molecule has 82 valence electrons. The van der Waals surface area contributed by atoms with Crippen molar-refractivity contribution in [1.29, 1.82) is 0 Å². The van der Waals surface area contributed by atoms with E-state index in [2.05, 4.69) is 5.10 Å². The summed E-state index contributed by atoms with van der Waals surface area (Å²) in [6, 6.07) is 7.01. The Morgan fingerprint density at radius 3 is 2.75 bits per heavy atom. The Kier molecular flexibility index (Phi) is 3.22. The van der Waals surface area contributed by atoms with Gasteiger partial charge < -0.3 is 9.53 Å². The van der Waals surface area contributed by atoms with Gasteiger partial charge in [-0.2, -0.15) is 5.10 Å². The first-order chi connectivity index (χ1) is 7.78. The molecule has 1 aromatic heterocycles. The molecule has 0 spiro atoms. The van der Waals surface area contributed by atoms with Gasteiger partial charge in [-0.05, 0) is 24.3 Å². The molecule has 0 radical (unpaired) electrons. The number of hydrogen-bond donors (Lipinski definition) is 0. The van der Waals surface area contributed by atoms with Crippen LogP contribution in [0.3, 0.4) is 0 Å². The lowest BCUT2D eigenvalue weighted by Crippen LogP contribution is -1.97. The van der Waals surface area contributed by atoms with Gasteiger partial charge in [0.25, 0.3) is 0 Å². The molecule has 0 aliphatic rings. The third-order valence-electron chi connectivity index (χ3n) is 1.92. The van der Waals surface area contributed by atoms with Crippen molar-refractivity contribution in [2.75, 3.05) is 0 Å². The number of benzene rings is 1. The summed E-state index contributed by atoms with van der Waals surface area (Å²) in [7, 11) is 0. The minimum Gasteiger partial charge on any atom is -0.454 e. The van der Waals surface area contributed by atoms with Crippen LogP contribution in [0.4, 0.5) is 0 Å². The highest BCUT2D eigenvalue weighted by Gasteiger charge is 2.00. The highest BCUT2D eigenvalue weighted by Crippen LogP contribution is 2.22. The van der Waals surface area contributed by atoms with Crippen molar-refractivity contribution in [3.8, 4) is 11.5 Å². The van der Waals surface area contributed by atoms with E-state index in [9.17, 15) is 4.79 Å². The third kappa shape index (κ3) is 2.61. The number of hydrogen-bond acceptors (Lipinski definition) is 3. The summed E-state index contributed by atoms with van der Waals surface area (Å²) >= 11 is 5.75. The molecule has 4 nitrogen and oxygen atoms in total. The summed E-state index contributed by atoms with van der Waals surface area (Å²) in [4.78, 5) is 10.3. The van der Waals surface area contributed by atoms with Crippen LogP contribution < -0.4 is 4.74 Å². The quantitative estimate of drug-likeness (QED) is 0.767. The van der Waals surface area contributed by atoms with Crippen LogP contribution in [0.5, 0.6) is 11.5 Å². The fourth-order valence-corrected chi connectivity index (χ4v) is 1.34. The number of carbonyl (C=O) groups is 1.